The van der Waals surface area contributed by atoms with E-state index in [0.29, 0.717) is 23.9 Å². The van der Waals surface area contributed by atoms with Gasteiger partial charge >= 0.3 is 0 Å². The maximum Gasteiger partial charge on any atom is 0.229 e. The summed E-state index contributed by atoms with van der Waals surface area (Å²) in [7, 11) is -2.55. The van der Waals surface area contributed by atoms with Crippen molar-refractivity contribution in [3.05, 3.63) is 59.7 Å². The third-order valence-electron chi connectivity index (χ3n) is 5.51. The normalized spacial score (nSPS) is 15.8. The highest BCUT2D eigenvalue weighted by Crippen LogP contribution is 2.22. The summed E-state index contributed by atoms with van der Waals surface area (Å²) in [5.74, 6) is 0.637. The van der Waals surface area contributed by atoms with Crippen molar-refractivity contribution in [3.63, 3.8) is 0 Å². The Bertz CT molecular complexity index is 889. The van der Waals surface area contributed by atoms with Crippen LogP contribution >= 0.6 is 0 Å². The number of amides is 1. The Morgan fingerprint density at radius 1 is 0.897 bits per heavy atom. The Morgan fingerprint density at radius 3 is 2.00 bits per heavy atom. The van der Waals surface area contributed by atoms with Crippen LogP contribution in [-0.4, -0.2) is 45.4 Å². The van der Waals surface area contributed by atoms with Gasteiger partial charge in [0, 0.05) is 31.9 Å². The third kappa shape index (κ3) is 5.38. The molecule has 0 spiro atoms. The number of piperazine rings is 1. The molecule has 1 fully saturated rings. The van der Waals surface area contributed by atoms with Gasteiger partial charge in [-0.15, -0.1) is 0 Å². The fourth-order valence-electron chi connectivity index (χ4n) is 3.80. The molecule has 0 radical (unpaired) electrons. The standard InChI is InChI=1S/C23H30N2O3S/c1-17(2)16-19-4-6-20(7-5-19)18(3)23(26)25-14-12-24(13-15-25)21-8-10-22(11-9-21)29(27)28/h4-11,17-18,29H,12-16H2,1-3H3. The Balaban J connectivity index is 1.57. The average Bonchev–Trinajstić information content (AvgIpc) is 2.73. The second-order valence-corrected chi connectivity index (χ2v) is 9.18. The summed E-state index contributed by atoms with van der Waals surface area (Å²) in [6, 6.07) is 15.4. The smallest absolute Gasteiger partial charge is 0.229 e. The van der Waals surface area contributed by atoms with E-state index >= 15 is 0 Å². The molecule has 3 rings (SSSR count). The molecule has 0 bridgehead atoms. The monoisotopic (exact) mass is 414 g/mol. The van der Waals surface area contributed by atoms with Crippen LogP contribution in [0.4, 0.5) is 5.69 Å². The molecule has 2 aromatic carbocycles. The summed E-state index contributed by atoms with van der Waals surface area (Å²) in [4.78, 5) is 17.4. The van der Waals surface area contributed by atoms with Gasteiger partial charge in [-0.3, -0.25) is 4.79 Å². The number of anilines is 1. The molecule has 1 heterocycles. The first-order valence-corrected chi connectivity index (χ1v) is 11.4. The summed E-state index contributed by atoms with van der Waals surface area (Å²) < 4.78 is 22.1. The van der Waals surface area contributed by atoms with Gasteiger partial charge in [0.05, 0.1) is 10.8 Å². The maximum atomic E-state index is 13.0. The van der Waals surface area contributed by atoms with Crippen LogP contribution in [0, 0.1) is 5.92 Å². The molecule has 1 saturated heterocycles. The van der Waals surface area contributed by atoms with Crippen molar-refractivity contribution in [3.8, 4) is 0 Å². The topological polar surface area (TPSA) is 57.7 Å². The minimum absolute atomic E-state index is 0.151. The summed E-state index contributed by atoms with van der Waals surface area (Å²) in [5.41, 5.74) is 3.36. The Morgan fingerprint density at radius 2 is 1.48 bits per heavy atom. The van der Waals surface area contributed by atoms with Crippen LogP contribution in [0.5, 0.6) is 0 Å². The second kappa shape index (κ2) is 9.44. The van der Waals surface area contributed by atoms with Gasteiger partial charge in [-0.1, -0.05) is 38.1 Å². The molecule has 6 heteroatoms. The van der Waals surface area contributed by atoms with Gasteiger partial charge in [0.1, 0.15) is 0 Å². The Labute approximate surface area is 175 Å². The van der Waals surface area contributed by atoms with Crippen LogP contribution in [0.25, 0.3) is 0 Å². The van der Waals surface area contributed by atoms with Crippen LogP contribution in [-0.2, 0) is 21.9 Å². The van der Waals surface area contributed by atoms with E-state index in [-0.39, 0.29) is 11.8 Å². The number of thiol groups is 1. The van der Waals surface area contributed by atoms with Crippen LogP contribution in [0.2, 0.25) is 0 Å². The molecular weight excluding hydrogens is 384 g/mol. The fraction of sp³-hybridized carbons (Fsp3) is 0.435. The number of rotatable bonds is 6. The molecular formula is C23H30N2O3S. The highest BCUT2D eigenvalue weighted by Gasteiger charge is 2.26. The number of carbonyl (C=O) groups is 1. The van der Waals surface area contributed by atoms with Crippen molar-refractivity contribution in [1.29, 1.82) is 0 Å². The molecule has 0 aromatic heterocycles. The minimum Gasteiger partial charge on any atom is -0.368 e. The van der Waals surface area contributed by atoms with Crippen LogP contribution < -0.4 is 4.90 Å². The lowest BCUT2D eigenvalue weighted by molar-refractivity contribution is -0.132. The Hall–Kier alpha value is -2.34. The van der Waals surface area contributed by atoms with Gasteiger partial charge in [0.25, 0.3) is 0 Å². The maximum absolute atomic E-state index is 13.0. The van der Waals surface area contributed by atoms with E-state index in [0.717, 1.165) is 30.8 Å². The lowest BCUT2D eigenvalue weighted by Gasteiger charge is -2.37. The summed E-state index contributed by atoms with van der Waals surface area (Å²) >= 11 is 0. The van der Waals surface area contributed by atoms with Gasteiger partial charge in [-0.05, 0) is 54.7 Å². The molecule has 1 aliphatic heterocycles. The van der Waals surface area contributed by atoms with Crippen molar-refractivity contribution in [2.45, 2.75) is 38.0 Å². The van der Waals surface area contributed by atoms with Crippen LogP contribution in [0.3, 0.4) is 0 Å². The van der Waals surface area contributed by atoms with Gasteiger partial charge in [0.15, 0.2) is 10.7 Å². The van der Waals surface area contributed by atoms with E-state index < -0.39 is 10.7 Å². The molecule has 0 N–H and O–H groups in total. The van der Waals surface area contributed by atoms with Gasteiger partial charge in [-0.2, -0.15) is 0 Å². The number of nitrogens with zero attached hydrogens (tertiary/aromatic N) is 2. The molecule has 2 aromatic rings. The lowest BCUT2D eigenvalue weighted by Crippen LogP contribution is -2.49. The van der Waals surface area contributed by atoms with E-state index in [1.807, 2.05) is 24.0 Å². The van der Waals surface area contributed by atoms with Crippen molar-refractivity contribution >= 4 is 22.3 Å². The average molecular weight is 415 g/mol. The van der Waals surface area contributed by atoms with Crippen LogP contribution in [0.1, 0.15) is 37.8 Å². The number of benzene rings is 2. The fourth-order valence-corrected chi connectivity index (χ4v) is 4.19. The quantitative estimate of drug-likeness (QED) is 0.737. The molecule has 1 atom stereocenters. The van der Waals surface area contributed by atoms with Crippen molar-refractivity contribution in [2.75, 3.05) is 31.1 Å². The first kappa shape index (κ1) is 21.4. The SMILES string of the molecule is CC(C)Cc1ccc(C(C)C(=O)N2CCN(c3ccc([SH](=O)=O)cc3)CC2)cc1. The van der Waals surface area contributed by atoms with E-state index in [4.69, 9.17) is 0 Å². The lowest BCUT2D eigenvalue weighted by atomic mass is 9.95. The molecule has 1 amide bonds. The van der Waals surface area contributed by atoms with Crippen molar-refractivity contribution < 1.29 is 13.2 Å². The highest BCUT2D eigenvalue weighted by molar-refractivity contribution is 7.72. The number of carbonyl (C=O) groups excluding carboxylic acids is 1. The molecule has 0 saturated carbocycles. The summed E-state index contributed by atoms with van der Waals surface area (Å²) in [6.45, 7) is 9.23. The summed E-state index contributed by atoms with van der Waals surface area (Å²) in [5, 5.41) is 0. The molecule has 0 aliphatic carbocycles. The predicted molar refractivity (Wildman–Crippen MR) is 117 cm³/mol. The number of hydrogen-bond acceptors (Lipinski definition) is 4. The number of hydrogen-bond donors (Lipinski definition) is 1. The van der Waals surface area contributed by atoms with Crippen LogP contribution in [0.15, 0.2) is 53.4 Å². The van der Waals surface area contributed by atoms with Crippen molar-refractivity contribution in [1.82, 2.24) is 4.90 Å². The van der Waals surface area contributed by atoms with E-state index in [1.54, 1.807) is 12.1 Å². The first-order valence-electron chi connectivity index (χ1n) is 10.2. The zero-order valence-electron chi connectivity index (χ0n) is 17.4. The molecule has 1 aliphatic rings. The predicted octanol–water partition coefficient (Wildman–Crippen LogP) is 3.31. The van der Waals surface area contributed by atoms with Crippen molar-refractivity contribution in [2.24, 2.45) is 5.92 Å². The molecule has 29 heavy (non-hydrogen) atoms. The zero-order chi connectivity index (χ0) is 21.0. The molecule has 1 unspecified atom stereocenters. The van der Waals surface area contributed by atoms with Gasteiger partial charge in [0.2, 0.25) is 5.91 Å². The largest absolute Gasteiger partial charge is 0.368 e. The highest BCUT2D eigenvalue weighted by atomic mass is 32.2. The summed E-state index contributed by atoms with van der Waals surface area (Å²) in [6.07, 6.45) is 1.05. The zero-order valence-corrected chi connectivity index (χ0v) is 18.3. The molecule has 156 valence electrons. The minimum atomic E-state index is -2.55. The van der Waals surface area contributed by atoms with E-state index in [1.165, 1.54) is 5.56 Å². The Kier molecular flexibility index (Phi) is 6.96. The second-order valence-electron chi connectivity index (χ2n) is 8.15. The van der Waals surface area contributed by atoms with E-state index in [9.17, 15) is 13.2 Å². The molecule has 5 nitrogen and oxygen atoms in total. The third-order valence-corrected chi connectivity index (χ3v) is 6.23. The van der Waals surface area contributed by atoms with Gasteiger partial charge in [-0.25, -0.2) is 8.42 Å². The van der Waals surface area contributed by atoms with E-state index in [2.05, 4.69) is 43.0 Å². The first-order chi connectivity index (χ1) is 13.8. The van der Waals surface area contributed by atoms with Gasteiger partial charge < -0.3 is 9.80 Å².